The fourth-order valence-electron chi connectivity index (χ4n) is 1.48. The molecular formula is C10H18Cl2NOSiZr. The van der Waals surface area contributed by atoms with Gasteiger partial charge in [-0.05, 0) is 0 Å². The molecule has 1 aliphatic rings. The van der Waals surface area contributed by atoms with Gasteiger partial charge in [0.25, 0.3) is 0 Å². The van der Waals surface area contributed by atoms with Crippen LogP contribution in [0.3, 0.4) is 0 Å². The molecule has 0 aromatic heterocycles. The van der Waals surface area contributed by atoms with E-state index in [9.17, 15) is 4.79 Å². The summed E-state index contributed by atoms with van der Waals surface area (Å²) in [6.45, 7) is 6.66. The SMILES string of the molecule is CCC(=O)[NH][Zr+2]([C]1=CC=CC1)[SiH](C)C.[Cl-].[Cl-]. The van der Waals surface area contributed by atoms with E-state index in [4.69, 9.17) is 0 Å². The Balaban J connectivity index is 0. The molecule has 0 heterocycles. The topological polar surface area (TPSA) is 29.1 Å². The molecule has 2 nitrogen and oxygen atoms in total. The van der Waals surface area contributed by atoms with Crippen LogP contribution in [0.2, 0.25) is 13.1 Å². The second kappa shape index (κ2) is 9.64. The molecule has 0 aromatic rings. The maximum Gasteiger partial charge on any atom is -1.00 e. The van der Waals surface area contributed by atoms with Crippen LogP contribution in [-0.2, 0) is 26.0 Å². The van der Waals surface area contributed by atoms with Gasteiger partial charge in [-0.3, -0.25) is 0 Å². The number of hydrogen-bond donors (Lipinski definition) is 1. The molecule has 0 unspecified atom stereocenters. The van der Waals surface area contributed by atoms with Crippen molar-refractivity contribution in [1.82, 2.24) is 3.26 Å². The van der Waals surface area contributed by atoms with Gasteiger partial charge >= 0.3 is 95.5 Å². The largest absolute Gasteiger partial charge is 1.00 e. The molecule has 16 heavy (non-hydrogen) atoms. The predicted molar refractivity (Wildman–Crippen MR) is 59.2 cm³/mol. The molecule has 1 rings (SSSR count). The van der Waals surface area contributed by atoms with Crippen molar-refractivity contribution in [3.05, 3.63) is 21.5 Å². The van der Waals surface area contributed by atoms with Crippen molar-refractivity contribution >= 4 is 11.8 Å². The zero-order chi connectivity index (χ0) is 10.6. The Hall–Kier alpha value is 0.630. The summed E-state index contributed by atoms with van der Waals surface area (Å²) < 4.78 is 4.90. The Morgan fingerprint density at radius 3 is 2.50 bits per heavy atom. The van der Waals surface area contributed by atoms with Crippen LogP contribution in [0, 0.1) is 0 Å². The molecule has 0 bridgehead atoms. The van der Waals surface area contributed by atoms with E-state index in [1.54, 1.807) is 3.28 Å². The third kappa shape index (κ3) is 5.81. The van der Waals surface area contributed by atoms with Crippen molar-refractivity contribution in [2.45, 2.75) is 32.9 Å². The van der Waals surface area contributed by atoms with Crippen LogP contribution in [0.4, 0.5) is 0 Å². The third-order valence-electron chi connectivity index (χ3n) is 2.29. The van der Waals surface area contributed by atoms with E-state index in [-0.39, 0.29) is 30.7 Å². The minimum atomic E-state index is -1.70. The summed E-state index contributed by atoms with van der Waals surface area (Å²) in [6.07, 6.45) is 8.29. The molecule has 0 saturated heterocycles. The average molecular weight is 358 g/mol. The minimum Gasteiger partial charge on any atom is -1.00 e. The van der Waals surface area contributed by atoms with Gasteiger partial charge < -0.3 is 24.8 Å². The van der Waals surface area contributed by atoms with Gasteiger partial charge in [-0.2, -0.15) is 0 Å². The molecule has 91 valence electrons. The summed E-state index contributed by atoms with van der Waals surface area (Å²) >= 11 is -1.70. The van der Waals surface area contributed by atoms with Gasteiger partial charge in [0.15, 0.2) is 0 Å². The Labute approximate surface area is 119 Å². The van der Waals surface area contributed by atoms with E-state index in [1.165, 1.54) is 0 Å². The molecule has 1 aliphatic carbocycles. The van der Waals surface area contributed by atoms with Crippen LogP contribution >= 0.6 is 0 Å². The van der Waals surface area contributed by atoms with Gasteiger partial charge in [0.2, 0.25) is 0 Å². The van der Waals surface area contributed by atoms with Crippen LogP contribution in [0.15, 0.2) is 21.5 Å². The second-order valence-corrected chi connectivity index (χ2v) is 22.3. The number of halogens is 2. The van der Waals surface area contributed by atoms with Gasteiger partial charge in [0, 0.05) is 0 Å². The monoisotopic (exact) mass is 356 g/mol. The molecule has 0 saturated carbocycles. The first-order valence-corrected chi connectivity index (χ1v) is 14.8. The normalized spacial score (nSPS) is 12.6. The molecular weight excluding hydrogens is 340 g/mol. The quantitative estimate of drug-likeness (QED) is 0.509. The summed E-state index contributed by atoms with van der Waals surface area (Å²) in [7, 11) is 0. The van der Waals surface area contributed by atoms with Crippen molar-refractivity contribution in [1.29, 1.82) is 0 Å². The fraction of sp³-hybridized carbons (Fsp3) is 0.500. The molecule has 6 heteroatoms. The van der Waals surface area contributed by atoms with E-state index in [2.05, 4.69) is 34.6 Å². The Bertz CT molecular complexity index is 282. The van der Waals surface area contributed by atoms with E-state index < -0.39 is 27.1 Å². The van der Waals surface area contributed by atoms with Crippen molar-refractivity contribution in [2.24, 2.45) is 0 Å². The summed E-state index contributed by atoms with van der Waals surface area (Å²) in [5, 5.41) is 0. The van der Waals surface area contributed by atoms with Gasteiger partial charge in [0.1, 0.15) is 0 Å². The molecule has 0 atom stereocenters. The predicted octanol–water partition coefficient (Wildman–Crippen LogP) is -4.12. The maximum absolute atomic E-state index is 11.4. The van der Waals surface area contributed by atoms with Crippen molar-refractivity contribution < 1.29 is 50.8 Å². The number of nitrogens with one attached hydrogen (secondary N) is 1. The Morgan fingerprint density at radius 2 is 2.12 bits per heavy atom. The standard InChI is InChI=1S/C5H5.C3H7NO.C2H7Si.2ClH.Zr/c1-2-4-5-3-1;1-2-3(4)5;1-3-2;;;/h1-3H,4H2;2H2,1H3,(H2,4,5);3H,1-2H3;2*1H;/q;;;;;+3/p-3. The van der Waals surface area contributed by atoms with Crippen LogP contribution < -0.4 is 28.1 Å². The minimum absolute atomic E-state index is 0. The summed E-state index contributed by atoms with van der Waals surface area (Å²) in [6, 6.07) is 0. The van der Waals surface area contributed by atoms with Crippen molar-refractivity contribution in [3.8, 4) is 0 Å². The average Bonchev–Trinajstić information content (AvgIpc) is 2.65. The summed E-state index contributed by atoms with van der Waals surface area (Å²) in [4.78, 5) is 11.4. The number of carbonyl (C=O) groups is 1. The first kappa shape index (κ1) is 19.0. The van der Waals surface area contributed by atoms with Crippen LogP contribution in [0.5, 0.6) is 0 Å². The number of rotatable bonds is 4. The zero-order valence-electron chi connectivity index (χ0n) is 9.89. The molecule has 1 N–H and O–H groups in total. The van der Waals surface area contributed by atoms with Crippen molar-refractivity contribution in [3.63, 3.8) is 0 Å². The third-order valence-corrected chi connectivity index (χ3v) is 19.0. The van der Waals surface area contributed by atoms with E-state index in [0.29, 0.717) is 6.42 Å². The van der Waals surface area contributed by atoms with Crippen molar-refractivity contribution in [2.75, 3.05) is 0 Å². The number of amides is 1. The van der Waals surface area contributed by atoms with Gasteiger partial charge in [-0.15, -0.1) is 0 Å². The van der Waals surface area contributed by atoms with Gasteiger partial charge in [-0.25, -0.2) is 0 Å². The molecule has 0 radical (unpaired) electrons. The Kier molecular flexibility index (Phi) is 11.4. The van der Waals surface area contributed by atoms with E-state index >= 15 is 0 Å². The van der Waals surface area contributed by atoms with E-state index in [0.717, 1.165) is 6.42 Å². The maximum atomic E-state index is 11.4. The molecule has 0 fully saturated rings. The van der Waals surface area contributed by atoms with E-state index in [1.807, 2.05) is 6.92 Å². The number of hydrogen-bond acceptors (Lipinski definition) is 1. The fourth-order valence-corrected chi connectivity index (χ4v) is 15.4. The molecule has 0 aliphatic heterocycles. The van der Waals surface area contributed by atoms with Crippen LogP contribution in [0.25, 0.3) is 0 Å². The number of allylic oxidation sites excluding steroid dienone is 4. The van der Waals surface area contributed by atoms with Gasteiger partial charge in [0.05, 0.1) is 0 Å². The molecule has 1 amide bonds. The van der Waals surface area contributed by atoms with Gasteiger partial charge in [-0.1, -0.05) is 0 Å². The smallest absolute Gasteiger partial charge is 1.00 e. The molecule has 0 aromatic carbocycles. The second-order valence-electron chi connectivity index (χ2n) is 3.79. The van der Waals surface area contributed by atoms with Crippen LogP contribution in [0.1, 0.15) is 19.8 Å². The number of carbonyl (C=O) groups excluding carboxylic acids is 1. The first-order valence-electron chi connectivity index (χ1n) is 5.18. The first-order chi connectivity index (χ1) is 6.65. The zero-order valence-corrected chi connectivity index (χ0v) is 15.0. The summed E-state index contributed by atoms with van der Waals surface area (Å²) in [5.74, 6) is -0.394. The summed E-state index contributed by atoms with van der Waals surface area (Å²) in [5.41, 5.74) is 0. The Morgan fingerprint density at radius 1 is 1.50 bits per heavy atom. The molecule has 0 spiro atoms. The van der Waals surface area contributed by atoms with Crippen LogP contribution in [-0.4, -0.2) is 11.8 Å².